The molecule has 1 aromatic heterocycles. The Morgan fingerprint density at radius 3 is 2.65 bits per heavy atom. The fraction of sp³-hybridized carbons (Fsp3) is 0.118. The number of anilines is 1. The van der Waals surface area contributed by atoms with Gasteiger partial charge >= 0.3 is 0 Å². The minimum absolute atomic E-state index is 0.0984. The van der Waals surface area contributed by atoms with Crippen LogP contribution in [-0.2, 0) is 18.3 Å². The van der Waals surface area contributed by atoms with E-state index in [1.54, 1.807) is 19.2 Å². The molecule has 0 saturated heterocycles. The molecule has 116 valence electrons. The molecule has 1 heterocycles. The summed E-state index contributed by atoms with van der Waals surface area (Å²) >= 11 is 3.37. The second-order valence-electron chi connectivity index (χ2n) is 5.16. The number of benzene rings is 2. The zero-order valence-corrected chi connectivity index (χ0v) is 14.0. The van der Waals surface area contributed by atoms with Crippen LogP contribution in [0.2, 0.25) is 0 Å². The minimum atomic E-state index is -0.181. The van der Waals surface area contributed by atoms with E-state index in [2.05, 4.69) is 26.3 Å². The van der Waals surface area contributed by atoms with Gasteiger partial charge in [0, 0.05) is 22.6 Å². The first-order valence-corrected chi connectivity index (χ1v) is 7.84. The first kappa shape index (κ1) is 15.4. The molecule has 3 rings (SSSR count). The SMILES string of the molecule is Cn1nc(CC(=O)Nc2cccc(Br)c2)c2ccccc2c1=O. The Kier molecular flexibility index (Phi) is 4.25. The molecule has 0 fully saturated rings. The van der Waals surface area contributed by atoms with Gasteiger partial charge in [-0.1, -0.05) is 40.2 Å². The molecule has 1 amide bonds. The van der Waals surface area contributed by atoms with Gasteiger partial charge < -0.3 is 5.32 Å². The maximum Gasteiger partial charge on any atom is 0.274 e. The molecule has 6 heteroatoms. The number of carbonyl (C=O) groups excluding carboxylic acids is 1. The van der Waals surface area contributed by atoms with E-state index in [1.807, 2.05) is 36.4 Å². The molecule has 3 aromatic rings. The molecule has 0 atom stereocenters. The van der Waals surface area contributed by atoms with Crippen molar-refractivity contribution < 1.29 is 4.79 Å². The van der Waals surface area contributed by atoms with E-state index in [-0.39, 0.29) is 17.9 Å². The number of carbonyl (C=O) groups is 1. The number of halogens is 1. The summed E-state index contributed by atoms with van der Waals surface area (Å²) in [6, 6.07) is 14.6. The summed E-state index contributed by atoms with van der Waals surface area (Å²) in [6.45, 7) is 0. The Bertz CT molecular complexity index is 950. The Hall–Kier alpha value is -2.47. The van der Waals surface area contributed by atoms with Gasteiger partial charge in [0.05, 0.1) is 17.5 Å². The lowest BCUT2D eigenvalue weighted by Gasteiger charge is -2.09. The topological polar surface area (TPSA) is 64.0 Å². The lowest BCUT2D eigenvalue weighted by molar-refractivity contribution is -0.115. The van der Waals surface area contributed by atoms with Gasteiger partial charge in [0.2, 0.25) is 5.91 Å². The van der Waals surface area contributed by atoms with Crippen LogP contribution < -0.4 is 10.9 Å². The predicted octanol–water partition coefficient (Wildman–Crippen LogP) is 2.88. The van der Waals surface area contributed by atoms with Gasteiger partial charge in [-0.2, -0.15) is 5.10 Å². The number of nitrogens with zero attached hydrogens (tertiary/aromatic N) is 2. The van der Waals surface area contributed by atoms with Crippen LogP contribution in [0.4, 0.5) is 5.69 Å². The molecule has 0 unspecified atom stereocenters. The van der Waals surface area contributed by atoms with Crippen molar-refractivity contribution in [3.05, 3.63) is 69.1 Å². The van der Waals surface area contributed by atoms with Crippen molar-refractivity contribution in [1.29, 1.82) is 0 Å². The van der Waals surface area contributed by atoms with Crippen molar-refractivity contribution in [3.63, 3.8) is 0 Å². The number of rotatable bonds is 3. The van der Waals surface area contributed by atoms with E-state index in [4.69, 9.17) is 0 Å². The van der Waals surface area contributed by atoms with E-state index in [9.17, 15) is 9.59 Å². The van der Waals surface area contributed by atoms with Gasteiger partial charge in [0.15, 0.2) is 0 Å². The van der Waals surface area contributed by atoms with Crippen LogP contribution in [0.1, 0.15) is 5.69 Å². The lowest BCUT2D eigenvalue weighted by Crippen LogP contribution is -2.24. The van der Waals surface area contributed by atoms with Crippen LogP contribution in [0.25, 0.3) is 10.8 Å². The molecule has 23 heavy (non-hydrogen) atoms. The second kappa shape index (κ2) is 6.34. The highest BCUT2D eigenvalue weighted by Crippen LogP contribution is 2.17. The van der Waals surface area contributed by atoms with Crippen molar-refractivity contribution >= 4 is 38.3 Å². The number of aromatic nitrogens is 2. The molecule has 5 nitrogen and oxygen atoms in total. The molecule has 0 aliphatic heterocycles. The fourth-order valence-electron chi connectivity index (χ4n) is 2.43. The van der Waals surface area contributed by atoms with Crippen molar-refractivity contribution in [2.75, 3.05) is 5.32 Å². The van der Waals surface area contributed by atoms with Crippen molar-refractivity contribution in [1.82, 2.24) is 9.78 Å². The van der Waals surface area contributed by atoms with Crippen LogP contribution in [-0.4, -0.2) is 15.7 Å². The third kappa shape index (κ3) is 3.32. The smallest absolute Gasteiger partial charge is 0.274 e. The van der Waals surface area contributed by atoms with Gasteiger partial charge in [-0.05, 0) is 24.3 Å². The normalized spacial score (nSPS) is 10.7. The minimum Gasteiger partial charge on any atom is -0.326 e. The van der Waals surface area contributed by atoms with Crippen molar-refractivity contribution in [2.45, 2.75) is 6.42 Å². The molecule has 0 radical (unpaired) electrons. The quantitative estimate of drug-likeness (QED) is 0.769. The molecule has 2 aromatic carbocycles. The Morgan fingerprint density at radius 1 is 1.17 bits per heavy atom. The summed E-state index contributed by atoms with van der Waals surface area (Å²) in [5.41, 5.74) is 1.12. The van der Waals surface area contributed by atoms with Crippen LogP contribution in [0.15, 0.2) is 57.8 Å². The molecule has 1 N–H and O–H groups in total. The number of fused-ring (bicyclic) bond motifs is 1. The second-order valence-corrected chi connectivity index (χ2v) is 6.07. The number of nitrogens with one attached hydrogen (secondary N) is 1. The standard InChI is InChI=1S/C17H14BrN3O2/c1-21-17(23)14-8-3-2-7-13(14)15(20-21)10-16(22)19-12-6-4-5-11(18)9-12/h2-9H,10H2,1H3,(H,19,22). The molecule has 0 aliphatic carbocycles. The Labute approximate surface area is 141 Å². The van der Waals surface area contributed by atoms with E-state index in [0.29, 0.717) is 22.2 Å². The van der Waals surface area contributed by atoms with Gasteiger partial charge in [-0.15, -0.1) is 0 Å². The Balaban J connectivity index is 1.91. The molecule has 0 bridgehead atoms. The monoisotopic (exact) mass is 371 g/mol. The van der Waals surface area contributed by atoms with Crippen LogP contribution in [0.5, 0.6) is 0 Å². The summed E-state index contributed by atoms with van der Waals surface area (Å²) in [5.74, 6) is -0.181. The third-order valence-corrected chi connectivity index (χ3v) is 3.96. The first-order chi connectivity index (χ1) is 11.0. The summed E-state index contributed by atoms with van der Waals surface area (Å²) in [6.07, 6.45) is 0.0984. The van der Waals surface area contributed by atoms with Gasteiger partial charge in [-0.3, -0.25) is 9.59 Å². The maximum absolute atomic E-state index is 12.3. The Morgan fingerprint density at radius 2 is 1.91 bits per heavy atom. The predicted molar refractivity (Wildman–Crippen MR) is 93.5 cm³/mol. The van der Waals surface area contributed by atoms with E-state index in [0.717, 1.165) is 4.47 Å². The van der Waals surface area contributed by atoms with E-state index >= 15 is 0 Å². The maximum atomic E-state index is 12.3. The first-order valence-electron chi connectivity index (χ1n) is 7.05. The van der Waals surface area contributed by atoms with Crippen LogP contribution in [0, 0.1) is 0 Å². The largest absolute Gasteiger partial charge is 0.326 e. The summed E-state index contributed by atoms with van der Waals surface area (Å²) in [4.78, 5) is 24.4. The van der Waals surface area contributed by atoms with Crippen molar-refractivity contribution in [2.24, 2.45) is 7.05 Å². The van der Waals surface area contributed by atoms with Crippen molar-refractivity contribution in [3.8, 4) is 0 Å². The summed E-state index contributed by atoms with van der Waals surface area (Å²) in [7, 11) is 1.59. The number of aryl methyl sites for hydroxylation is 1. The van der Waals surface area contributed by atoms with Gasteiger partial charge in [0.25, 0.3) is 5.56 Å². The van der Waals surface area contributed by atoms with Crippen LogP contribution >= 0.6 is 15.9 Å². The molecule has 0 saturated carbocycles. The lowest BCUT2D eigenvalue weighted by atomic mass is 10.1. The van der Waals surface area contributed by atoms with E-state index < -0.39 is 0 Å². The third-order valence-electron chi connectivity index (χ3n) is 3.47. The summed E-state index contributed by atoms with van der Waals surface area (Å²) in [5, 5.41) is 8.34. The van der Waals surface area contributed by atoms with Crippen LogP contribution in [0.3, 0.4) is 0 Å². The number of amides is 1. The highest BCUT2D eigenvalue weighted by Gasteiger charge is 2.12. The highest BCUT2D eigenvalue weighted by molar-refractivity contribution is 9.10. The highest BCUT2D eigenvalue weighted by atomic mass is 79.9. The average molecular weight is 372 g/mol. The number of hydrogen-bond donors (Lipinski definition) is 1. The zero-order valence-electron chi connectivity index (χ0n) is 12.4. The van der Waals surface area contributed by atoms with Gasteiger partial charge in [-0.25, -0.2) is 4.68 Å². The summed E-state index contributed by atoms with van der Waals surface area (Å²) < 4.78 is 2.16. The zero-order chi connectivity index (χ0) is 16.4. The fourth-order valence-corrected chi connectivity index (χ4v) is 2.83. The van der Waals surface area contributed by atoms with Gasteiger partial charge in [0.1, 0.15) is 0 Å². The molecular formula is C17H14BrN3O2. The van der Waals surface area contributed by atoms with E-state index in [1.165, 1.54) is 4.68 Å². The average Bonchev–Trinajstić information content (AvgIpc) is 2.52. The molecular weight excluding hydrogens is 358 g/mol. The molecule has 0 spiro atoms. The molecule has 0 aliphatic rings. The number of hydrogen-bond acceptors (Lipinski definition) is 3.